The molecule has 0 spiro atoms. The number of hydrogen-bond donors (Lipinski definition) is 1. The van der Waals surface area contributed by atoms with Crippen molar-refractivity contribution in [1.82, 2.24) is 5.32 Å². The van der Waals surface area contributed by atoms with E-state index < -0.39 is 0 Å². The van der Waals surface area contributed by atoms with Crippen molar-refractivity contribution in [3.63, 3.8) is 0 Å². The van der Waals surface area contributed by atoms with Crippen molar-refractivity contribution in [2.24, 2.45) is 0 Å². The molecule has 100 valence electrons. The fraction of sp³-hybridized carbons (Fsp3) is 0.250. The number of methoxy groups -OCH3 is 1. The maximum absolute atomic E-state index is 5.34. The highest BCUT2D eigenvalue weighted by Crippen LogP contribution is 2.17. The van der Waals surface area contributed by atoms with Gasteiger partial charge in [-0.15, -0.1) is 0 Å². The van der Waals surface area contributed by atoms with Crippen LogP contribution in [-0.2, 0) is 13.0 Å². The summed E-state index contributed by atoms with van der Waals surface area (Å²) in [7, 11) is 1.72. The second-order valence-electron chi connectivity index (χ2n) is 4.37. The Balaban J connectivity index is 1.79. The molecule has 2 rings (SSSR count). The molecule has 2 aromatic carbocycles. The summed E-state index contributed by atoms with van der Waals surface area (Å²) in [5, 5.41) is 3.45. The molecule has 0 amide bonds. The van der Waals surface area contributed by atoms with Crippen molar-refractivity contribution in [2.45, 2.75) is 13.0 Å². The molecule has 0 saturated heterocycles. The van der Waals surface area contributed by atoms with Gasteiger partial charge in [0.05, 0.1) is 7.11 Å². The largest absolute Gasteiger partial charge is 0.496 e. The van der Waals surface area contributed by atoms with Gasteiger partial charge in [0.25, 0.3) is 0 Å². The monoisotopic (exact) mass is 319 g/mol. The third-order valence-electron chi connectivity index (χ3n) is 3.01. The lowest BCUT2D eigenvalue weighted by molar-refractivity contribution is 0.409. The molecule has 0 heterocycles. The molecule has 0 radical (unpaired) electrons. The molecule has 0 aromatic heterocycles. The minimum atomic E-state index is 0.891. The normalized spacial score (nSPS) is 10.4. The van der Waals surface area contributed by atoms with Crippen LogP contribution in [0.3, 0.4) is 0 Å². The highest BCUT2D eigenvalue weighted by molar-refractivity contribution is 9.10. The first-order valence-corrected chi connectivity index (χ1v) is 7.16. The molecule has 0 aliphatic rings. The zero-order valence-electron chi connectivity index (χ0n) is 11.0. The van der Waals surface area contributed by atoms with E-state index in [1.807, 2.05) is 18.2 Å². The minimum absolute atomic E-state index is 0.891. The van der Waals surface area contributed by atoms with Crippen molar-refractivity contribution in [3.8, 4) is 5.75 Å². The zero-order chi connectivity index (χ0) is 13.5. The highest BCUT2D eigenvalue weighted by Gasteiger charge is 2.00. The summed E-state index contributed by atoms with van der Waals surface area (Å²) in [5.74, 6) is 0.966. The van der Waals surface area contributed by atoms with Crippen LogP contribution in [0.15, 0.2) is 53.0 Å². The molecule has 3 heteroatoms. The molecule has 2 aromatic rings. The van der Waals surface area contributed by atoms with Gasteiger partial charge in [-0.1, -0.05) is 46.3 Å². The van der Waals surface area contributed by atoms with E-state index in [4.69, 9.17) is 4.74 Å². The number of hydrogen-bond acceptors (Lipinski definition) is 2. The summed E-state index contributed by atoms with van der Waals surface area (Å²) in [6, 6.07) is 16.5. The Labute approximate surface area is 122 Å². The van der Waals surface area contributed by atoms with Gasteiger partial charge >= 0.3 is 0 Å². The SMILES string of the molecule is COc1ccccc1CCNCc1ccc(Br)cc1. The zero-order valence-corrected chi connectivity index (χ0v) is 12.6. The molecule has 19 heavy (non-hydrogen) atoms. The van der Waals surface area contributed by atoms with E-state index in [-0.39, 0.29) is 0 Å². The topological polar surface area (TPSA) is 21.3 Å². The van der Waals surface area contributed by atoms with Gasteiger partial charge in [0.2, 0.25) is 0 Å². The Bertz CT molecular complexity index is 510. The van der Waals surface area contributed by atoms with Gasteiger partial charge in [-0.2, -0.15) is 0 Å². The Kier molecular flexibility index (Phi) is 5.43. The number of para-hydroxylation sites is 1. The van der Waals surface area contributed by atoms with Crippen LogP contribution in [-0.4, -0.2) is 13.7 Å². The third-order valence-corrected chi connectivity index (χ3v) is 3.53. The van der Waals surface area contributed by atoms with Gasteiger partial charge in [0.1, 0.15) is 5.75 Å². The molecule has 2 nitrogen and oxygen atoms in total. The van der Waals surface area contributed by atoms with Gasteiger partial charge in [0, 0.05) is 11.0 Å². The average molecular weight is 320 g/mol. The Morgan fingerprint density at radius 2 is 1.79 bits per heavy atom. The van der Waals surface area contributed by atoms with Crippen molar-refractivity contribution in [1.29, 1.82) is 0 Å². The first-order valence-electron chi connectivity index (χ1n) is 6.36. The molecule has 0 unspecified atom stereocenters. The van der Waals surface area contributed by atoms with Crippen LogP contribution in [0, 0.1) is 0 Å². The smallest absolute Gasteiger partial charge is 0.122 e. The predicted octanol–water partition coefficient (Wildman–Crippen LogP) is 3.79. The Morgan fingerprint density at radius 3 is 2.53 bits per heavy atom. The summed E-state index contributed by atoms with van der Waals surface area (Å²) in [6.07, 6.45) is 0.973. The van der Waals surface area contributed by atoms with E-state index in [0.717, 1.165) is 29.7 Å². The minimum Gasteiger partial charge on any atom is -0.496 e. The fourth-order valence-electron chi connectivity index (χ4n) is 1.97. The van der Waals surface area contributed by atoms with Gasteiger partial charge in [-0.05, 0) is 42.3 Å². The maximum atomic E-state index is 5.34. The van der Waals surface area contributed by atoms with Crippen LogP contribution in [0.5, 0.6) is 5.75 Å². The Hall–Kier alpha value is -1.32. The fourth-order valence-corrected chi connectivity index (χ4v) is 2.23. The van der Waals surface area contributed by atoms with E-state index in [9.17, 15) is 0 Å². The van der Waals surface area contributed by atoms with E-state index >= 15 is 0 Å². The van der Waals surface area contributed by atoms with Gasteiger partial charge in [-0.3, -0.25) is 0 Å². The second kappa shape index (κ2) is 7.31. The molecular formula is C16H18BrNO. The molecule has 0 aliphatic heterocycles. The molecular weight excluding hydrogens is 302 g/mol. The van der Waals surface area contributed by atoms with Crippen molar-refractivity contribution in [3.05, 3.63) is 64.1 Å². The number of nitrogens with one attached hydrogen (secondary N) is 1. The lowest BCUT2D eigenvalue weighted by Crippen LogP contribution is -2.16. The number of rotatable bonds is 6. The Morgan fingerprint density at radius 1 is 1.05 bits per heavy atom. The van der Waals surface area contributed by atoms with Crippen LogP contribution in [0.2, 0.25) is 0 Å². The summed E-state index contributed by atoms with van der Waals surface area (Å²) < 4.78 is 6.46. The van der Waals surface area contributed by atoms with Crippen LogP contribution in [0.25, 0.3) is 0 Å². The molecule has 0 aliphatic carbocycles. The molecule has 1 N–H and O–H groups in total. The quantitative estimate of drug-likeness (QED) is 0.818. The van der Waals surface area contributed by atoms with Crippen molar-refractivity contribution >= 4 is 15.9 Å². The molecule has 0 saturated carbocycles. The lowest BCUT2D eigenvalue weighted by atomic mass is 10.1. The van der Waals surface area contributed by atoms with Crippen LogP contribution < -0.4 is 10.1 Å². The second-order valence-corrected chi connectivity index (χ2v) is 5.28. The summed E-state index contributed by atoms with van der Waals surface area (Å²) >= 11 is 3.44. The van der Waals surface area contributed by atoms with E-state index in [1.54, 1.807) is 7.11 Å². The predicted molar refractivity (Wildman–Crippen MR) is 82.5 cm³/mol. The van der Waals surface area contributed by atoms with Crippen LogP contribution >= 0.6 is 15.9 Å². The summed E-state index contributed by atoms with van der Waals surface area (Å²) in [4.78, 5) is 0. The number of benzene rings is 2. The molecule has 0 fully saturated rings. The number of ether oxygens (including phenoxy) is 1. The van der Waals surface area contributed by atoms with E-state index in [0.29, 0.717) is 0 Å². The van der Waals surface area contributed by atoms with E-state index in [1.165, 1.54) is 11.1 Å². The van der Waals surface area contributed by atoms with Gasteiger partial charge in [-0.25, -0.2) is 0 Å². The maximum Gasteiger partial charge on any atom is 0.122 e. The first-order chi connectivity index (χ1) is 9.29. The standard InChI is InChI=1S/C16H18BrNO/c1-19-16-5-3-2-4-14(16)10-11-18-12-13-6-8-15(17)9-7-13/h2-9,18H,10-12H2,1H3. The van der Waals surface area contributed by atoms with Crippen molar-refractivity contribution < 1.29 is 4.74 Å². The lowest BCUT2D eigenvalue weighted by Gasteiger charge is -2.09. The van der Waals surface area contributed by atoms with Gasteiger partial charge < -0.3 is 10.1 Å². The third kappa shape index (κ3) is 4.37. The summed E-state index contributed by atoms with van der Waals surface area (Å²) in [6.45, 7) is 1.83. The molecule has 0 atom stereocenters. The molecule has 0 bridgehead atoms. The average Bonchev–Trinajstić information content (AvgIpc) is 2.46. The van der Waals surface area contributed by atoms with Crippen LogP contribution in [0.4, 0.5) is 0 Å². The van der Waals surface area contributed by atoms with Gasteiger partial charge in [0.15, 0.2) is 0 Å². The van der Waals surface area contributed by atoms with Crippen LogP contribution in [0.1, 0.15) is 11.1 Å². The van der Waals surface area contributed by atoms with E-state index in [2.05, 4.69) is 51.6 Å². The highest BCUT2D eigenvalue weighted by atomic mass is 79.9. The first kappa shape index (κ1) is 14.1. The van der Waals surface area contributed by atoms with Crippen molar-refractivity contribution in [2.75, 3.05) is 13.7 Å². The summed E-state index contributed by atoms with van der Waals surface area (Å²) in [5.41, 5.74) is 2.54. The number of halogens is 1.